The second-order valence-corrected chi connectivity index (χ2v) is 6.24. The molecule has 1 aromatic heterocycles. The van der Waals surface area contributed by atoms with Crippen molar-refractivity contribution in [1.29, 1.82) is 0 Å². The summed E-state index contributed by atoms with van der Waals surface area (Å²) in [6, 6.07) is 5.33. The maximum atomic E-state index is 10.4. The number of aliphatic hydroxyl groups is 1. The van der Waals surface area contributed by atoms with Gasteiger partial charge in [0.15, 0.2) is 0 Å². The summed E-state index contributed by atoms with van der Waals surface area (Å²) in [7, 11) is 1.84. The van der Waals surface area contributed by atoms with Gasteiger partial charge < -0.3 is 5.11 Å². The van der Waals surface area contributed by atoms with Gasteiger partial charge in [0, 0.05) is 23.0 Å². The number of aliphatic hydroxyl groups excluding tert-OH is 1. The highest BCUT2D eigenvalue weighted by Crippen LogP contribution is 2.31. The van der Waals surface area contributed by atoms with Gasteiger partial charge in [-0.15, -0.1) is 0 Å². The van der Waals surface area contributed by atoms with Crippen LogP contribution in [0.2, 0.25) is 10.0 Å². The molecule has 0 aliphatic rings. The van der Waals surface area contributed by atoms with Crippen LogP contribution in [0.1, 0.15) is 30.0 Å². The van der Waals surface area contributed by atoms with Crippen molar-refractivity contribution in [1.82, 2.24) is 9.78 Å². The third-order valence-corrected chi connectivity index (χ3v) is 4.57. The number of hydrogen-bond acceptors (Lipinski definition) is 2. The third-order valence-electron chi connectivity index (χ3n) is 3.21. The van der Waals surface area contributed by atoms with Crippen molar-refractivity contribution in [3.05, 3.63) is 49.7 Å². The second-order valence-electron chi connectivity index (χ2n) is 4.57. The summed E-state index contributed by atoms with van der Waals surface area (Å²) in [5.41, 5.74) is 2.47. The minimum Gasteiger partial charge on any atom is -0.388 e. The van der Waals surface area contributed by atoms with E-state index in [9.17, 15) is 5.11 Å². The number of rotatable bonds is 4. The van der Waals surface area contributed by atoms with Gasteiger partial charge in [0.1, 0.15) is 0 Å². The van der Waals surface area contributed by atoms with Gasteiger partial charge >= 0.3 is 0 Å². The van der Waals surface area contributed by atoms with E-state index >= 15 is 0 Å². The molecular formula is C14H15BrCl2N2O. The molecule has 1 unspecified atom stereocenters. The lowest BCUT2D eigenvalue weighted by atomic mass is 10.0. The van der Waals surface area contributed by atoms with Crippen molar-refractivity contribution >= 4 is 39.1 Å². The zero-order valence-electron chi connectivity index (χ0n) is 11.2. The third kappa shape index (κ3) is 3.19. The van der Waals surface area contributed by atoms with Gasteiger partial charge in [-0.05, 0) is 24.1 Å². The van der Waals surface area contributed by atoms with E-state index < -0.39 is 6.10 Å². The molecule has 3 nitrogen and oxygen atoms in total. The number of benzene rings is 1. The van der Waals surface area contributed by atoms with Gasteiger partial charge in [0.2, 0.25) is 0 Å². The fourth-order valence-electron chi connectivity index (χ4n) is 2.11. The Labute approximate surface area is 136 Å². The normalized spacial score (nSPS) is 12.7. The molecule has 0 spiro atoms. The summed E-state index contributed by atoms with van der Waals surface area (Å²) in [5, 5.41) is 16.0. The van der Waals surface area contributed by atoms with Crippen LogP contribution in [-0.4, -0.2) is 14.9 Å². The first-order chi connectivity index (χ1) is 9.43. The number of aryl methyl sites for hydroxylation is 2. The monoisotopic (exact) mass is 376 g/mol. The van der Waals surface area contributed by atoms with Crippen LogP contribution < -0.4 is 0 Å². The molecule has 1 atom stereocenters. The predicted molar refractivity (Wildman–Crippen MR) is 85.4 cm³/mol. The first-order valence-corrected chi connectivity index (χ1v) is 7.82. The molecular weight excluding hydrogens is 363 g/mol. The fourth-order valence-corrected chi connectivity index (χ4v) is 3.42. The Morgan fingerprint density at radius 2 is 2.10 bits per heavy atom. The van der Waals surface area contributed by atoms with Crippen molar-refractivity contribution in [2.24, 2.45) is 7.05 Å². The summed E-state index contributed by atoms with van der Waals surface area (Å²) >= 11 is 15.6. The number of nitrogens with zero attached hydrogens (tertiary/aromatic N) is 2. The lowest BCUT2D eigenvalue weighted by molar-refractivity contribution is 0.175. The standard InChI is InChI=1S/C14H15BrCl2N2O/c1-3-11-14(17)12(19(2)18-11)7-13(20)9-5-4-8(16)6-10(9)15/h4-6,13,20H,3,7H2,1-2H3. The molecule has 0 saturated heterocycles. The zero-order valence-corrected chi connectivity index (χ0v) is 14.3. The van der Waals surface area contributed by atoms with Crippen LogP contribution >= 0.6 is 39.1 Å². The van der Waals surface area contributed by atoms with Crippen molar-refractivity contribution in [2.75, 3.05) is 0 Å². The topological polar surface area (TPSA) is 38.0 Å². The fraction of sp³-hybridized carbons (Fsp3) is 0.357. The molecule has 0 saturated carbocycles. The van der Waals surface area contributed by atoms with E-state index in [0.717, 1.165) is 27.8 Å². The lowest BCUT2D eigenvalue weighted by Gasteiger charge is -2.13. The summed E-state index contributed by atoms with van der Waals surface area (Å²) in [4.78, 5) is 0. The molecule has 1 heterocycles. The Bertz CT molecular complexity index is 628. The molecule has 0 aliphatic carbocycles. The molecule has 0 aliphatic heterocycles. The molecule has 0 fully saturated rings. The smallest absolute Gasteiger partial charge is 0.0856 e. The highest BCUT2D eigenvalue weighted by Gasteiger charge is 2.19. The Hall–Kier alpha value is -0.550. The summed E-state index contributed by atoms with van der Waals surface area (Å²) in [6.07, 6.45) is 0.509. The van der Waals surface area contributed by atoms with Gasteiger partial charge in [0.05, 0.1) is 22.5 Å². The molecule has 2 aromatic rings. The summed E-state index contributed by atoms with van der Waals surface area (Å²) in [5.74, 6) is 0. The van der Waals surface area contributed by atoms with Crippen LogP contribution in [-0.2, 0) is 19.9 Å². The van der Waals surface area contributed by atoms with Crippen LogP contribution in [0.5, 0.6) is 0 Å². The Kier molecular flexibility index (Phi) is 5.13. The maximum absolute atomic E-state index is 10.4. The molecule has 2 rings (SSSR count). The van der Waals surface area contributed by atoms with Crippen LogP contribution in [0.25, 0.3) is 0 Å². The Morgan fingerprint density at radius 1 is 1.40 bits per heavy atom. The maximum Gasteiger partial charge on any atom is 0.0856 e. The van der Waals surface area contributed by atoms with E-state index in [-0.39, 0.29) is 0 Å². The number of halogens is 3. The van der Waals surface area contributed by atoms with E-state index in [1.807, 2.05) is 20.0 Å². The lowest BCUT2D eigenvalue weighted by Crippen LogP contribution is -2.07. The molecule has 0 bridgehead atoms. The minimum atomic E-state index is -0.667. The van der Waals surface area contributed by atoms with Crippen LogP contribution in [0.3, 0.4) is 0 Å². The van der Waals surface area contributed by atoms with E-state index in [0.29, 0.717) is 16.5 Å². The highest BCUT2D eigenvalue weighted by atomic mass is 79.9. The van der Waals surface area contributed by atoms with Gasteiger partial charge in [-0.25, -0.2) is 0 Å². The minimum absolute atomic E-state index is 0.405. The van der Waals surface area contributed by atoms with Crippen molar-refractivity contribution in [2.45, 2.75) is 25.9 Å². The zero-order chi connectivity index (χ0) is 14.9. The average molecular weight is 378 g/mol. The number of hydrogen-bond donors (Lipinski definition) is 1. The van der Waals surface area contributed by atoms with Crippen molar-refractivity contribution in [3.63, 3.8) is 0 Å². The first-order valence-electron chi connectivity index (χ1n) is 6.27. The molecule has 1 N–H and O–H groups in total. The van der Waals surface area contributed by atoms with Gasteiger partial charge in [-0.3, -0.25) is 4.68 Å². The molecule has 1 aromatic carbocycles. The predicted octanol–water partition coefficient (Wildman–Crippen LogP) is 4.33. The molecule has 0 amide bonds. The van der Waals surface area contributed by atoms with E-state index in [1.165, 1.54) is 0 Å². The average Bonchev–Trinajstić information content (AvgIpc) is 2.66. The second kappa shape index (κ2) is 6.48. The molecule has 20 heavy (non-hydrogen) atoms. The highest BCUT2D eigenvalue weighted by molar-refractivity contribution is 9.10. The summed E-state index contributed by atoms with van der Waals surface area (Å²) < 4.78 is 2.51. The van der Waals surface area contributed by atoms with E-state index in [1.54, 1.807) is 16.8 Å². The largest absolute Gasteiger partial charge is 0.388 e. The van der Waals surface area contributed by atoms with Gasteiger partial charge in [-0.2, -0.15) is 5.10 Å². The first kappa shape index (κ1) is 15.8. The summed E-state index contributed by atoms with van der Waals surface area (Å²) in [6.45, 7) is 2.00. The van der Waals surface area contributed by atoms with E-state index in [4.69, 9.17) is 23.2 Å². The SMILES string of the molecule is CCc1nn(C)c(CC(O)c2ccc(Cl)cc2Br)c1Cl. The van der Waals surface area contributed by atoms with Crippen LogP contribution in [0.15, 0.2) is 22.7 Å². The Morgan fingerprint density at radius 3 is 2.65 bits per heavy atom. The van der Waals surface area contributed by atoms with Crippen LogP contribution in [0.4, 0.5) is 0 Å². The van der Waals surface area contributed by atoms with Crippen LogP contribution in [0, 0.1) is 0 Å². The Balaban J connectivity index is 2.27. The quantitative estimate of drug-likeness (QED) is 0.861. The van der Waals surface area contributed by atoms with E-state index in [2.05, 4.69) is 21.0 Å². The van der Waals surface area contributed by atoms with Crippen molar-refractivity contribution < 1.29 is 5.11 Å². The molecule has 0 radical (unpaired) electrons. The molecule has 108 valence electrons. The van der Waals surface area contributed by atoms with Gasteiger partial charge in [0.25, 0.3) is 0 Å². The van der Waals surface area contributed by atoms with Gasteiger partial charge in [-0.1, -0.05) is 52.1 Å². The van der Waals surface area contributed by atoms with Crippen molar-refractivity contribution in [3.8, 4) is 0 Å². The molecule has 6 heteroatoms. The number of aromatic nitrogens is 2.